The summed E-state index contributed by atoms with van der Waals surface area (Å²) in [5.74, 6) is 3.01. The van der Waals surface area contributed by atoms with E-state index >= 15 is 0 Å². The largest absolute Gasteiger partial charge is 0.303 e. The van der Waals surface area contributed by atoms with E-state index in [-0.39, 0.29) is 0 Å². The summed E-state index contributed by atoms with van der Waals surface area (Å²) in [7, 11) is 0. The second-order valence-electron chi connectivity index (χ2n) is 6.21. The lowest BCUT2D eigenvalue weighted by Crippen LogP contribution is -2.40. The van der Waals surface area contributed by atoms with Crippen LogP contribution in [0.2, 0.25) is 0 Å². The van der Waals surface area contributed by atoms with Crippen LogP contribution >= 0.6 is 22.9 Å². The Balaban J connectivity index is 1.50. The van der Waals surface area contributed by atoms with E-state index < -0.39 is 0 Å². The van der Waals surface area contributed by atoms with Gasteiger partial charge in [0.05, 0.1) is 0 Å². The van der Waals surface area contributed by atoms with E-state index in [0.717, 1.165) is 23.8 Å². The molecule has 2 heterocycles. The molecule has 3 aliphatic rings. The second-order valence-corrected chi connectivity index (χ2v) is 7.45. The molecule has 0 aromatic rings. The van der Waals surface area contributed by atoms with Crippen LogP contribution in [0.25, 0.3) is 0 Å². The fourth-order valence-corrected chi connectivity index (χ4v) is 4.77. The van der Waals surface area contributed by atoms with Crippen LogP contribution in [0.4, 0.5) is 0 Å². The number of rotatable bonds is 2. The highest BCUT2D eigenvalue weighted by Gasteiger charge is 2.44. The summed E-state index contributed by atoms with van der Waals surface area (Å²) in [5, 5.41) is 0. The Labute approximate surface area is 113 Å². The van der Waals surface area contributed by atoms with E-state index in [0.29, 0.717) is 0 Å². The minimum Gasteiger partial charge on any atom is -0.303 e. The number of likely N-dealkylation sites (tertiary alicyclic amines) is 1. The Morgan fingerprint density at radius 1 is 1.19 bits per heavy atom. The zero-order chi connectivity index (χ0) is 11.1. The number of halogens is 1. The van der Waals surface area contributed by atoms with Gasteiger partial charge in [-0.15, -0.1) is 0 Å². The van der Waals surface area contributed by atoms with Gasteiger partial charge in [0.25, 0.3) is 0 Å². The molecule has 3 heteroatoms. The molecule has 92 valence electrons. The summed E-state index contributed by atoms with van der Waals surface area (Å²) in [6.07, 6.45) is 5.82. The van der Waals surface area contributed by atoms with Crippen LogP contribution in [0, 0.1) is 17.8 Å². The van der Waals surface area contributed by atoms with Gasteiger partial charge in [-0.2, -0.15) is 0 Å². The van der Waals surface area contributed by atoms with E-state index in [2.05, 4.69) is 37.8 Å². The van der Waals surface area contributed by atoms with Crippen LogP contribution in [-0.4, -0.2) is 40.2 Å². The third-order valence-electron chi connectivity index (χ3n) is 4.99. The van der Waals surface area contributed by atoms with Gasteiger partial charge in [0, 0.05) is 42.0 Å². The van der Waals surface area contributed by atoms with Gasteiger partial charge in [-0.3, -0.25) is 0 Å². The van der Waals surface area contributed by atoms with Crippen molar-refractivity contribution >= 4 is 22.9 Å². The summed E-state index contributed by atoms with van der Waals surface area (Å²) in [6, 6.07) is 0.916. The highest BCUT2D eigenvalue weighted by molar-refractivity contribution is 14.1. The molecule has 2 aliphatic heterocycles. The van der Waals surface area contributed by atoms with E-state index in [9.17, 15) is 0 Å². The third kappa shape index (κ3) is 2.27. The van der Waals surface area contributed by atoms with Crippen LogP contribution < -0.4 is 0 Å². The molecule has 16 heavy (non-hydrogen) atoms. The van der Waals surface area contributed by atoms with Gasteiger partial charge in [-0.1, -0.05) is 6.92 Å². The van der Waals surface area contributed by atoms with E-state index in [1.165, 1.54) is 51.9 Å². The predicted molar refractivity (Wildman–Crippen MR) is 75.6 cm³/mol. The van der Waals surface area contributed by atoms with Crippen molar-refractivity contribution in [1.82, 2.24) is 8.01 Å². The lowest BCUT2D eigenvalue weighted by Gasteiger charge is -2.35. The van der Waals surface area contributed by atoms with Gasteiger partial charge in [0.1, 0.15) is 0 Å². The van der Waals surface area contributed by atoms with Crippen LogP contribution in [0.5, 0.6) is 0 Å². The first kappa shape index (κ1) is 11.7. The zero-order valence-electron chi connectivity index (χ0n) is 10.2. The Bertz CT molecular complexity index is 248. The highest BCUT2D eigenvalue weighted by Crippen LogP contribution is 2.44. The monoisotopic (exact) mass is 334 g/mol. The van der Waals surface area contributed by atoms with Crippen molar-refractivity contribution in [3.8, 4) is 0 Å². The molecule has 3 fully saturated rings. The lowest BCUT2D eigenvalue weighted by atomic mass is 9.92. The van der Waals surface area contributed by atoms with Gasteiger partial charge in [-0.25, -0.2) is 3.11 Å². The fraction of sp³-hybridized carbons (Fsp3) is 1.00. The van der Waals surface area contributed by atoms with Crippen LogP contribution in [0.1, 0.15) is 32.6 Å². The molecule has 0 amide bonds. The maximum absolute atomic E-state index is 2.74. The average molecular weight is 334 g/mol. The molecule has 0 N–H and O–H groups in total. The Morgan fingerprint density at radius 3 is 2.50 bits per heavy atom. The van der Waals surface area contributed by atoms with Gasteiger partial charge in [0.2, 0.25) is 0 Å². The molecule has 2 nitrogen and oxygen atoms in total. The second kappa shape index (κ2) is 4.73. The normalized spacial score (nSPS) is 42.0. The summed E-state index contributed by atoms with van der Waals surface area (Å²) in [5.41, 5.74) is 0. The molecular weight excluding hydrogens is 311 g/mol. The Hall–Kier alpha value is 0.650. The molecule has 3 rings (SSSR count). The van der Waals surface area contributed by atoms with E-state index in [4.69, 9.17) is 0 Å². The van der Waals surface area contributed by atoms with E-state index in [1.54, 1.807) is 0 Å². The van der Waals surface area contributed by atoms with Gasteiger partial charge in [0.15, 0.2) is 0 Å². The van der Waals surface area contributed by atoms with Crippen molar-refractivity contribution < 1.29 is 0 Å². The molecule has 2 bridgehead atoms. The fourth-order valence-electron chi connectivity index (χ4n) is 3.81. The lowest BCUT2D eigenvalue weighted by molar-refractivity contribution is 0.141. The summed E-state index contributed by atoms with van der Waals surface area (Å²) in [4.78, 5) is 2.74. The standard InChI is InChI=1S/C13H23IN2/c1-10-2-4-15(5-3-10)8-11-6-13-7-12(11)9-16(13)14/h10-13H,2-9H2,1H3/t11?,12-,13+/m1/s1. The Kier molecular flexibility index (Phi) is 3.47. The molecule has 1 saturated carbocycles. The first-order chi connectivity index (χ1) is 7.72. The zero-order valence-corrected chi connectivity index (χ0v) is 12.4. The minimum atomic E-state index is 0.916. The SMILES string of the molecule is CC1CCN(CC2C[C@H]3C[C@@H]2CN3I)CC1. The number of nitrogens with zero attached hydrogens (tertiary/aromatic N) is 2. The maximum Gasteiger partial charge on any atom is 0.0204 e. The van der Waals surface area contributed by atoms with Crippen molar-refractivity contribution in [2.75, 3.05) is 26.2 Å². The smallest absolute Gasteiger partial charge is 0.0204 e. The Morgan fingerprint density at radius 2 is 1.94 bits per heavy atom. The molecule has 0 spiro atoms. The van der Waals surface area contributed by atoms with Gasteiger partial charge < -0.3 is 4.90 Å². The quantitative estimate of drug-likeness (QED) is 0.566. The molecule has 0 aromatic heterocycles. The molecule has 0 aromatic carbocycles. The van der Waals surface area contributed by atoms with Crippen LogP contribution in [0.3, 0.4) is 0 Å². The van der Waals surface area contributed by atoms with Crippen molar-refractivity contribution in [2.24, 2.45) is 17.8 Å². The van der Waals surface area contributed by atoms with Crippen LogP contribution in [-0.2, 0) is 0 Å². The average Bonchev–Trinajstić information content (AvgIpc) is 2.80. The van der Waals surface area contributed by atoms with Crippen LogP contribution in [0.15, 0.2) is 0 Å². The molecule has 1 aliphatic carbocycles. The number of piperidine rings is 2. The number of fused-ring (bicyclic) bond motifs is 2. The first-order valence-electron chi connectivity index (χ1n) is 6.87. The molecule has 2 saturated heterocycles. The molecule has 0 radical (unpaired) electrons. The summed E-state index contributed by atoms with van der Waals surface area (Å²) in [6.45, 7) is 7.90. The maximum atomic E-state index is 2.74. The topological polar surface area (TPSA) is 6.48 Å². The van der Waals surface area contributed by atoms with Crippen molar-refractivity contribution in [3.05, 3.63) is 0 Å². The number of hydrogen-bond acceptors (Lipinski definition) is 2. The van der Waals surface area contributed by atoms with Gasteiger partial charge >= 0.3 is 0 Å². The van der Waals surface area contributed by atoms with Crippen molar-refractivity contribution in [3.63, 3.8) is 0 Å². The molecule has 1 unspecified atom stereocenters. The van der Waals surface area contributed by atoms with Crippen molar-refractivity contribution in [2.45, 2.75) is 38.6 Å². The summed E-state index contributed by atoms with van der Waals surface area (Å²) >= 11 is 2.53. The summed E-state index contributed by atoms with van der Waals surface area (Å²) < 4.78 is 2.55. The van der Waals surface area contributed by atoms with E-state index in [1.807, 2.05) is 0 Å². The number of hydrogen-bond donors (Lipinski definition) is 0. The first-order valence-corrected chi connectivity index (χ1v) is 7.83. The van der Waals surface area contributed by atoms with Gasteiger partial charge in [-0.05, 0) is 56.5 Å². The molecule has 3 atom stereocenters. The minimum absolute atomic E-state index is 0.916. The predicted octanol–water partition coefficient (Wildman–Crippen LogP) is 2.78. The molecular formula is C13H23IN2. The van der Waals surface area contributed by atoms with Crippen molar-refractivity contribution in [1.29, 1.82) is 0 Å². The third-order valence-corrected chi connectivity index (χ3v) is 6.17. The highest BCUT2D eigenvalue weighted by atomic mass is 127.